The lowest BCUT2D eigenvalue weighted by Gasteiger charge is -2.22. The van der Waals surface area contributed by atoms with Crippen molar-refractivity contribution in [2.24, 2.45) is 5.10 Å². The van der Waals surface area contributed by atoms with Crippen LogP contribution in [0.1, 0.15) is 26.3 Å². The molecule has 0 radical (unpaired) electrons. The molecule has 0 unspecified atom stereocenters. The van der Waals surface area contributed by atoms with Gasteiger partial charge in [-0.2, -0.15) is 10.1 Å². The first-order valence-corrected chi connectivity index (χ1v) is 8.93. The van der Waals surface area contributed by atoms with Crippen molar-refractivity contribution in [2.45, 2.75) is 0 Å². The molecule has 0 saturated carbocycles. The zero-order chi connectivity index (χ0) is 22.1. The summed E-state index contributed by atoms with van der Waals surface area (Å²) in [6.45, 7) is 0. The number of benzene rings is 3. The van der Waals surface area contributed by atoms with Gasteiger partial charge in [-0.05, 0) is 36.4 Å². The van der Waals surface area contributed by atoms with Gasteiger partial charge in [0, 0.05) is 23.7 Å². The third kappa shape index (κ3) is 3.31. The minimum atomic E-state index is -0.723. The molecule has 2 amide bonds. The number of non-ortho nitro benzene ring substituents is 1. The Bertz CT molecular complexity index is 1320. The molecule has 0 aliphatic carbocycles. The molecule has 0 fully saturated rings. The average molecular weight is 416 g/mol. The van der Waals surface area contributed by atoms with Crippen LogP contribution in [0.4, 0.5) is 11.4 Å². The van der Waals surface area contributed by atoms with E-state index in [1.807, 2.05) is 0 Å². The zero-order valence-electron chi connectivity index (χ0n) is 15.7. The minimum Gasteiger partial charge on any atom is -0.267 e. The van der Waals surface area contributed by atoms with E-state index in [1.54, 1.807) is 12.1 Å². The second-order valence-corrected chi connectivity index (χ2v) is 6.48. The maximum atomic E-state index is 12.8. The summed E-state index contributed by atoms with van der Waals surface area (Å²) >= 11 is 0. The second kappa shape index (κ2) is 7.59. The number of hydrogen-bond donors (Lipinski definition) is 0. The van der Waals surface area contributed by atoms with Crippen LogP contribution in [-0.4, -0.2) is 32.9 Å². The first-order valence-electron chi connectivity index (χ1n) is 8.93. The monoisotopic (exact) mass is 416 g/mol. The second-order valence-electron chi connectivity index (χ2n) is 6.48. The predicted octanol–water partition coefficient (Wildman–Crippen LogP) is 3.95. The van der Waals surface area contributed by atoms with Crippen molar-refractivity contribution in [1.29, 1.82) is 0 Å². The molecule has 31 heavy (non-hydrogen) atoms. The number of hydrazone groups is 1. The number of imide groups is 1. The Morgan fingerprint density at radius 1 is 0.806 bits per heavy atom. The quantitative estimate of drug-likeness (QED) is 0.267. The number of nitro groups is 2. The molecule has 0 atom stereocenters. The summed E-state index contributed by atoms with van der Waals surface area (Å²) in [6, 6.07) is 13.0. The van der Waals surface area contributed by atoms with Gasteiger partial charge in [-0.3, -0.25) is 29.8 Å². The fourth-order valence-electron chi connectivity index (χ4n) is 3.38. The van der Waals surface area contributed by atoms with Gasteiger partial charge < -0.3 is 0 Å². The number of para-hydroxylation sites is 1. The normalized spacial score (nSPS) is 13.5. The van der Waals surface area contributed by atoms with Gasteiger partial charge in [0.25, 0.3) is 23.2 Å². The van der Waals surface area contributed by atoms with Gasteiger partial charge in [0.1, 0.15) is 0 Å². The predicted molar refractivity (Wildman–Crippen MR) is 112 cm³/mol. The molecule has 1 aliphatic rings. The molecule has 3 aromatic rings. The fraction of sp³-hybridized carbons (Fsp3) is 0. The van der Waals surface area contributed by atoms with Crippen molar-refractivity contribution in [1.82, 2.24) is 5.01 Å². The van der Waals surface area contributed by atoms with Crippen LogP contribution in [0.2, 0.25) is 0 Å². The standard InChI is InChI=1S/C21H12N4O6/c26-20-15-8-3-7-14-18(25(30)31)11-10-16(19(14)15)21(27)23(20)22-12-4-6-13-5-1-2-9-17(13)24(28)29/h1-12H. The number of carbonyl (C=O) groups excluding carboxylic acids is 2. The lowest BCUT2D eigenvalue weighted by atomic mass is 9.94. The topological polar surface area (TPSA) is 136 Å². The summed E-state index contributed by atoms with van der Waals surface area (Å²) in [4.78, 5) is 46.9. The van der Waals surface area contributed by atoms with E-state index in [0.29, 0.717) is 10.6 Å². The summed E-state index contributed by atoms with van der Waals surface area (Å²) < 4.78 is 0. The van der Waals surface area contributed by atoms with Crippen molar-refractivity contribution in [3.63, 3.8) is 0 Å². The number of rotatable bonds is 5. The summed E-state index contributed by atoms with van der Waals surface area (Å²) in [5.74, 6) is -1.45. The van der Waals surface area contributed by atoms with E-state index in [4.69, 9.17) is 0 Å². The van der Waals surface area contributed by atoms with Crippen LogP contribution >= 0.6 is 0 Å². The van der Waals surface area contributed by atoms with E-state index >= 15 is 0 Å². The third-order valence-electron chi connectivity index (χ3n) is 4.74. The molecule has 0 spiro atoms. The van der Waals surface area contributed by atoms with E-state index < -0.39 is 21.7 Å². The van der Waals surface area contributed by atoms with Crippen LogP contribution in [-0.2, 0) is 0 Å². The molecule has 4 rings (SSSR count). The minimum absolute atomic E-state index is 0.0977. The summed E-state index contributed by atoms with van der Waals surface area (Å²) in [5, 5.41) is 27.3. The van der Waals surface area contributed by atoms with Crippen LogP contribution < -0.4 is 0 Å². The molecule has 1 aliphatic heterocycles. The Kier molecular flexibility index (Phi) is 4.80. The Balaban J connectivity index is 1.68. The molecular formula is C21H12N4O6. The van der Waals surface area contributed by atoms with Crippen molar-refractivity contribution in [3.05, 3.63) is 97.6 Å². The first kappa shape index (κ1) is 19.6. The number of amides is 2. The smallest absolute Gasteiger partial charge is 0.267 e. The first-order chi connectivity index (χ1) is 14.9. The van der Waals surface area contributed by atoms with E-state index in [0.717, 1.165) is 0 Å². The van der Waals surface area contributed by atoms with Crippen molar-refractivity contribution in [2.75, 3.05) is 0 Å². The third-order valence-corrected chi connectivity index (χ3v) is 4.74. The summed E-state index contributed by atoms with van der Waals surface area (Å²) in [6.07, 6.45) is 3.97. The molecule has 10 heteroatoms. The number of nitro benzene ring substituents is 2. The van der Waals surface area contributed by atoms with Gasteiger partial charge in [-0.25, -0.2) is 0 Å². The number of hydrogen-bond acceptors (Lipinski definition) is 7. The maximum Gasteiger partial charge on any atom is 0.282 e. The van der Waals surface area contributed by atoms with E-state index in [-0.39, 0.29) is 33.3 Å². The highest BCUT2D eigenvalue weighted by Crippen LogP contribution is 2.35. The Morgan fingerprint density at radius 2 is 1.48 bits per heavy atom. The van der Waals surface area contributed by atoms with Crippen LogP contribution in [0.25, 0.3) is 16.8 Å². The summed E-state index contributed by atoms with van der Waals surface area (Å²) in [7, 11) is 0. The number of nitrogens with zero attached hydrogens (tertiary/aromatic N) is 4. The highest BCUT2D eigenvalue weighted by Gasteiger charge is 2.34. The molecule has 152 valence electrons. The van der Waals surface area contributed by atoms with Gasteiger partial charge >= 0.3 is 0 Å². The Labute approximate surface area is 174 Å². The Morgan fingerprint density at radius 3 is 2.19 bits per heavy atom. The highest BCUT2D eigenvalue weighted by molar-refractivity contribution is 6.26. The Hall–Kier alpha value is -4.73. The molecule has 0 saturated heterocycles. The van der Waals surface area contributed by atoms with Gasteiger partial charge in [0.05, 0.1) is 31.9 Å². The molecule has 0 bridgehead atoms. The largest absolute Gasteiger partial charge is 0.282 e. The van der Waals surface area contributed by atoms with Crippen molar-refractivity contribution >= 4 is 46.3 Å². The molecule has 3 aromatic carbocycles. The average Bonchev–Trinajstić information content (AvgIpc) is 2.76. The summed E-state index contributed by atoms with van der Waals surface area (Å²) in [5.41, 5.74) is 0.272. The molecule has 1 heterocycles. The fourth-order valence-corrected chi connectivity index (χ4v) is 3.38. The number of carbonyl (C=O) groups is 2. The highest BCUT2D eigenvalue weighted by atomic mass is 16.6. The van der Waals surface area contributed by atoms with E-state index in [2.05, 4.69) is 5.10 Å². The van der Waals surface area contributed by atoms with E-state index in [1.165, 1.54) is 60.8 Å². The lowest BCUT2D eigenvalue weighted by molar-refractivity contribution is -0.385. The van der Waals surface area contributed by atoms with Crippen molar-refractivity contribution < 1.29 is 19.4 Å². The van der Waals surface area contributed by atoms with Crippen LogP contribution in [0.5, 0.6) is 0 Å². The van der Waals surface area contributed by atoms with E-state index in [9.17, 15) is 29.8 Å². The number of allylic oxidation sites excluding steroid dienone is 1. The zero-order valence-corrected chi connectivity index (χ0v) is 15.7. The van der Waals surface area contributed by atoms with Crippen LogP contribution in [0, 0.1) is 20.2 Å². The van der Waals surface area contributed by atoms with Gasteiger partial charge in [0.15, 0.2) is 0 Å². The van der Waals surface area contributed by atoms with Gasteiger partial charge in [-0.1, -0.05) is 18.2 Å². The molecule has 0 aromatic heterocycles. The van der Waals surface area contributed by atoms with Gasteiger partial charge in [-0.15, -0.1) is 0 Å². The van der Waals surface area contributed by atoms with Crippen LogP contribution in [0.3, 0.4) is 0 Å². The van der Waals surface area contributed by atoms with Gasteiger partial charge in [0.2, 0.25) is 0 Å². The van der Waals surface area contributed by atoms with Crippen LogP contribution in [0.15, 0.2) is 65.8 Å². The SMILES string of the molecule is O=C1c2cccc3c([N+](=O)[O-])ccc(c23)C(=O)N1N=CC=Cc1ccccc1[N+](=O)[O-]. The maximum absolute atomic E-state index is 12.8. The molecule has 0 N–H and O–H groups in total. The molecule has 10 nitrogen and oxygen atoms in total. The molecular weight excluding hydrogens is 404 g/mol. The lowest BCUT2D eigenvalue weighted by Crippen LogP contribution is -2.36. The van der Waals surface area contributed by atoms with Crippen molar-refractivity contribution in [3.8, 4) is 0 Å².